The summed E-state index contributed by atoms with van der Waals surface area (Å²) in [6.07, 6.45) is 2.93. The van der Waals surface area contributed by atoms with Crippen LogP contribution in [0.25, 0.3) is 0 Å². The Hall–Kier alpha value is -1.71. The molecule has 1 aromatic carbocycles. The summed E-state index contributed by atoms with van der Waals surface area (Å²) < 4.78 is 5.52. The van der Waals surface area contributed by atoms with Crippen LogP contribution in [0.15, 0.2) is 24.3 Å². The molecule has 4 nitrogen and oxygen atoms in total. The average molecular weight is 277 g/mol. The monoisotopic (exact) mass is 277 g/mol. The van der Waals surface area contributed by atoms with Gasteiger partial charge >= 0.3 is 5.97 Å². The second kappa shape index (κ2) is 5.73. The molecule has 1 aliphatic heterocycles. The molecule has 1 fully saturated rings. The van der Waals surface area contributed by atoms with Gasteiger partial charge in [0.25, 0.3) is 0 Å². The second-order valence-electron chi connectivity index (χ2n) is 6.25. The number of esters is 1. The Bertz CT molecular complexity index is 462. The number of hydrogen-bond donors (Lipinski definition) is 1. The molecule has 4 heteroatoms. The molecule has 1 heterocycles. The molecule has 0 saturated carbocycles. The van der Waals surface area contributed by atoms with Gasteiger partial charge in [0, 0.05) is 12.2 Å². The van der Waals surface area contributed by atoms with E-state index >= 15 is 0 Å². The van der Waals surface area contributed by atoms with E-state index in [1.54, 1.807) is 12.1 Å². The van der Waals surface area contributed by atoms with Crippen LogP contribution in [0.5, 0.6) is 5.75 Å². The Labute approximate surface area is 120 Å². The first-order valence-electron chi connectivity index (χ1n) is 7.15. The zero-order valence-corrected chi connectivity index (χ0v) is 12.4. The maximum atomic E-state index is 12.4. The molecule has 0 bridgehead atoms. The van der Waals surface area contributed by atoms with Crippen LogP contribution in [0.4, 0.5) is 5.69 Å². The van der Waals surface area contributed by atoms with Gasteiger partial charge in [0.15, 0.2) is 0 Å². The number of carbonyl (C=O) groups excluding carboxylic acids is 1. The summed E-state index contributed by atoms with van der Waals surface area (Å²) in [4.78, 5) is 14.4. The zero-order valence-electron chi connectivity index (χ0n) is 12.4. The van der Waals surface area contributed by atoms with E-state index in [4.69, 9.17) is 4.74 Å². The maximum Gasteiger partial charge on any atom is 0.329 e. The van der Waals surface area contributed by atoms with Gasteiger partial charge in [-0.25, -0.2) is 4.79 Å². The van der Waals surface area contributed by atoms with Crippen molar-refractivity contribution in [3.8, 4) is 5.75 Å². The van der Waals surface area contributed by atoms with Crippen molar-refractivity contribution >= 4 is 11.7 Å². The van der Waals surface area contributed by atoms with Gasteiger partial charge in [0.2, 0.25) is 0 Å². The fourth-order valence-corrected chi connectivity index (χ4v) is 2.50. The highest BCUT2D eigenvalue weighted by Gasteiger charge is 2.32. The molecule has 2 rings (SSSR count). The van der Waals surface area contributed by atoms with Crippen molar-refractivity contribution in [3.63, 3.8) is 0 Å². The molecule has 110 valence electrons. The molecule has 1 aliphatic rings. The number of anilines is 1. The number of carbonyl (C=O) groups is 1. The standard InChI is InChI=1S/C16H23NO3/c1-16(2,3)20-15(19)14-6-4-5-11-17(14)12-7-9-13(18)10-8-12/h7-10,14,18H,4-6,11H2,1-3H3. The van der Waals surface area contributed by atoms with Gasteiger partial charge in [-0.2, -0.15) is 0 Å². The summed E-state index contributed by atoms with van der Waals surface area (Å²) >= 11 is 0. The minimum atomic E-state index is -0.463. The molecule has 1 aromatic rings. The topological polar surface area (TPSA) is 49.8 Å². The van der Waals surface area contributed by atoms with Crippen LogP contribution in [-0.4, -0.2) is 29.3 Å². The van der Waals surface area contributed by atoms with Crippen LogP contribution < -0.4 is 4.90 Å². The maximum absolute atomic E-state index is 12.4. The Kier molecular flexibility index (Phi) is 4.21. The molecular weight excluding hydrogens is 254 g/mol. The van der Waals surface area contributed by atoms with Crippen LogP contribution >= 0.6 is 0 Å². The number of phenols is 1. The highest BCUT2D eigenvalue weighted by molar-refractivity contribution is 5.80. The quantitative estimate of drug-likeness (QED) is 0.844. The number of hydrogen-bond acceptors (Lipinski definition) is 4. The minimum Gasteiger partial charge on any atom is -0.508 e. The number of ether oxygens (including phenoxy) is 1. The Morgan fingerprint density at radius 1 is 1.25 bits per heavy atom. The Morgan fingerprint density at radius 2 is 1.90 bits per heavy atom. The second-order valence-corrected chi connectivity index (χ2v) is 6.25. The third-order valence-electron chi connectivity index (χ3n) is 3.36. The lowest BCUT2D eigenvalue weighted by atomic mass is 10.0. The van der Waals surface area contributed by atoms with Gasteiger partial charge in [-0.1, -0.05) is 0 Å². The zero-order chi connectivity index (χ0) is 14.8. The first-order chi connectivity index (χ1) is 9.37. The highest BCUT2D eigenvalue weighted by Crippen LogP contribution is 2.27. The SMILES string of the molecule is CC(C)(C)OC(=O)C1CCCCN1c1ccc(O)cc1. The van der Waals surface area contributed by atoms with Crippen LogP contribution in [0.1, 0.15) is 40.0 Å². The number of phenolic OH excluding ortho intramolecular Hbond substituents is 1. The molecule has 1 unspecified atom stereocenters. The van der Waals surface area contributed by atoms with Crippen LogP contribution in [-0.2, 0) is 9.53 Å². The Balaban J connectivity index is 2.16. The predicted octanol–water partition coefficient (Wildman–Crippen LogP) is 3.09. The van der Waals surface area contributed by atoms with E-state index < -0.39 is 5.60 Å². The first-order valence-corrected chi connectivity index (χ1v) is 7.15. The van der Waals surface area contributed by atoms with Crippen LogP contribution in [0.2, 0.25) is 0 Å². The van der Waals surface area contributed by atoms with E-state index in [1.165, 1.54) is 0 Å². The van der Waals surface area contributed by atoms with Gasteiger partial charge in [0.1, 0.15) is 17.4 Å². The van der Waals surface area contributed by atoms with Gasteiger partial charge in [-0.3, -0.25) is 0 Å². The van der Waals surface area contributed by atoms with E-state index in [0.717, 1.165) is 31.5 Å². The van der Waals surface area contributed by atoms with Crippen LogP contribution in [0.3, 0.4) is 0 Å². The smallest absolute Gasteiger partial charge is 0.329 e. The van der Waals surface area contributed by atoms with Gasteiger partial charge in [0.05, 0.1) is 0 Å². The van der Waals surface area contributed by atoms with Crippen molar-refractivity contribution in [2.24, 2.45) is 0 Å². The summed E-state index contributed by atoms with van der Waals surface area (Å²) in [5, 5.41) is 9.37. The summed E-state index contributed by atoms with van der Waals surface area (Å²) in [6.45, 7) is 6.50. The van der Waals surface area contributed by atoms with E-state index in [-0.39, 0.29) is 17.8 Å². The third kappa shape index (κ3) is 3.65. The van der Waals surface area contributed by atoms with Crippen molar-refractivity contribution in [3.05, 3.63) is 24.3 Å². The summed E-state index contributed by atoms with van der Waals surface area (Å²) in [7, 11) is 0. The largest absolute Gasteiger partial charge is 0.508 e. The normalized spacial score (nSPS) is 19.8. The average Bonchev–Trinajstić information content (AvgIpc) is 2.38. The fraction of sp³-hybridized carbons (Fsp3) is 0.562. The van der Waals surface area contributed by atoms with Crippen molar-refractivity contribution in [2.45, 2.75) is 51.7 Å². The number of nitrogens with zero attached hydrogens (tertiary/aromatic N) is 1. The molecule has 0 amide bonds. The van der Waals surface area contributed by atoms with Gasteiger partial charge in [-0.15, -0.1) is 0 Å². The highest BCUT2D eigenvalue weighted by atomic mass is 16.6. The molecule has 0 aromatic heterocycles. The first kappa shape index (κ1) is 14.7. The van der Waals surface area contributed by atoms with Crippen molar-refractivity contribution in [1.82, 2.24) is 0 Å². The summed E-state index contributed by atoms with van der Waals surface area (Å²) in [5.74, 6) is 0.0739. The lowest BCUT2D eigenvalue weighted by Crippen LogP contribution is -2.47. The summed E-state index contributed by atoms with van der Waals surface area (Å²) in [6, 6.07) is 6.76. The van der Waals surface area contributed by atoms with E-state index in [1.807, 2.05) is 32.9 Å². The molecule has 20 heavy (non-hydrogen) atoms. The van der Waals surface area contributed by atoms with Gasteiger partial charge < -0.3 is 14.7 Å². The third-order valence-corrected chi connectivity index (χ3v) is 3.36. The van der Waals surface area contributed by atoms with Gasteiger partial charge in [-0.05, 0) is 64.3 Å². The predicted molar refractivity (Wildman–Crippen MR) is 78.9 cm³/mol. The molecule has 0 radical (unpaired) electrons. The van der Waals surface area contributed by atoms with Crippen molar-refractivity contribution < 1.29 is 14.6 Å². The molecule has 1 atom stereocenters. The van der Waals surface area contributed by atoms with Crippen molar-refractivity contribution in [1.29, 1.82) is 0 Å². The fourth-order valence-electron chi connectivity index (χ4n) is 2.50. The molecule has 1 saturated heterocycles. The Morgan fingerprint density at radius 3 is 2.50 bits per heavy atom. The summed E-state index contributed by atoms with van der Waals surface area (Å²) in [5.41, 5.74) is 0.494. The van der Waals surface area contributed by atoms with Crippen molar-refractivity contribution in [2.75, 3.05) is 11.4 Å². The lowest BCUT2D eigenvalue weighted by molar-refractivity contribution is -0.157. The number of benzene rings is 1. The van der Waals surface area contributed by atoms with Crippen LogP contribution in [0, 0.1) is 0 Å². The van der Waals surface area contributed by atoms with E-state index in [2.05, 4.69) is 4.90 Å². The molecule has 0 spiro atoms. The number of piperidine rings is 1. The molecule has 0 aliphatic carbocycles. The van der Waals surface area contributed by atoms with E-state index in [0.29, 0.717) is 0 Å². The minimum absolute atomic E-state index is 0.162. The van der Waals surface area contributed by atoms with E-state index in [9.17, 15) is 9.90 Å². The number of rotatable bonds is 2. The number of aromatic hydroxyl groups is 1. The molecular formula is C16H23NO3. The lowest BCUT2D eigenvalue weighted by Gasteiger charge is -2.37. The molecule has 1 N–H and O–H groups in total.